The Labute approximate surface area is 147 Å². The average molecular weight is 397 g/mol. The number of amides is 1. The molecule has 0 saturated carbocycles. The SMILES string of the molecule is Cc1ccc(Cl)cc1NC(=O)[C@H](C)OC(=O)c1ccccc1Br. The molecule has 0 heterocycles. The van der Waals surface area contributed by atoms with Crippen molar-refractivity contribution >= 4 is 45.1 Å². The highest BCUT2D eigenvalue weighted by atomic mass is 79.9. The number of ether oxygens (including phenoxy) is 1. The van der Waals surface area contributed by atoms with Gasteiger partial charge in [-0.2, -0.15) is 0 Å². The predicted octanol–water partition coefficient (Wildman–Crippen LogP) is 4.59. The van der Waals surface area contributed by atoms with Crippen LogP contribution in [-0.4, -0.2) is 18.0 Å². The van der Waals surface area contributed by atoms with Crippen LogP contribution in [0, 0.1) is 6.92 Å². The summed E-state index contributed by atoms with van der Waals surface area (Å²) in [5, 5.41) is 3.23. The fourth-order valence-electron chi connectivity index (χ4n) is 1.87. The quantitative estimate of drug-likeness (QED) is 0.769. The number of esters is 1. The summed E-state index contributed by atoms with van der Waals surface area (Å²) in [5.74, 6) is -0.987. The van der Waals surface area contributed by atoms with E-state index in [2.05, 4.69) is 21.2 Å². The summed E-state index contributed by atoms with van der Waals surface area (Å²) in [6.45, 7) is 3.37. The van der Waals surface area contributed by atoms with Crippen LogP contribution in [0.2, 0.25) is 5.02 Å². The molecule has 0 bridgehead atoms. The van der Waals surface area contributed by atoms with Gasteiger partial charge in [-0.1, -0.05) is 29.8 Å². The van der Waals surface area contributed by atoms with E-state index >= 15 is 0 Å². The van der Waals surface area contributed by atoms with Gasteiger partial charge in [0.25, 0.3) is 5.91 Å². The van der Waals surface area contributed by atoms with Crippen molar-refractivity contribution in [2.45, 2.75) is 20.0 Å². The molecule has 23 heavy (non-hydrogen) atoms. The van der Waals surface area contributed by atoms with E-state index in [1.165, 1.54) is 6.92 Å². The summed E-state index contributed by atoms with van der Waals surface area (Å²) in [4.78, 5) is 24.3. The zero-order valence-corrected chi connectivity index (χ0v) is 14.9. The van der Waals surface area contributed by atoms with E-state index in [-0.39, 0.29) is 0 Å². The van der Waals surface area contributed by atoms with Crippen molar-refractivity contribution in [3.05, 3.63) is 63.1 Å². The minimum absolute atomic E-state index is 0.367. The lowest BCUT2D eigenvalue weighted by atomic mass is 10.2. The molecule has 1 N–H and O–H groups in total. The second kappa shape index (κ2) is 7.62. The molecule has 0 unspecified atom stereocenters. The third-order valence-electron chi connectivity index (χ3n) is 3.20. The molecule has 0 aliphatic carbocycles. The summed E-state index contributed by atoms with van der Waals surface area (Å²) >= 11 is 9.20. The minimum atomic E-state index is -0.937. The van der Waals surface area contributed by atoms with Gasteiger partial charge in [0, 0.05) is 15.2 Å². The number of benzene rings is 2. The number of halogens is 2. The van der Waals surface area contributed by atoms with Gasteiger partial charge in [-0.25, -0.2) is 4.79 Å². The summed E-state index contributed by atoms with van der Waals surface area (Å²) in [7, 11) is 0. The summed E-state index contributed by atoms with van der Waals surface area (Å²) in [5.41, 5.74) is 1.82. The van der Waals surface area contributed by atoms with Crippen molar-refractivity contribution in [3.8, 4) is 0 Å². The van der Waals surface area contributed by atoms with Crippen LogP contribution in [0.15, 0.2) is 46.9 Å². The number of hydrogen-bond donors (Lipinski definition) is 1. The Morgan fingerprint density at radius 1 is 1.22 bits per heavy atom. The lowest BCUT2D eigenvalue weighted by Gasteiger charge is -2.15. The van der Waals surface area contributed by atoms with Gasteiger partial charge in [0.1, 0.15) is 0 Å². The fraction of sp³-hybridized carbons (Fsp3) is 0.176. The van der Waals surface area contributed by atoms with Crippen molar-refractivity contribution in [3.63, 3.8) is 0 Å². The number of anilines is 1. The number of aryl methyl sites for hydroxylation is 1. The number of rotatable bonds is 4. The molecular formula is C17H15BrClNO3. The van der Waals surface area contributed by atoms with E-state index in [0.29, 0.717) is 20.7 Å². The molecule has 1 atom stereocenters. The first-order chi connectivity index (χ1) is 10.9. The van der Waals surface area contributed by atoms with E-state index in [9.17, 15) is 9.59 Å². The smallest absolute Gasteiger partial charge is 0.340 e. The highest BCUT2D eigenvalue weighted by molar-refractivity contribution is 9.10. The van der Waals surface area contributed by atoms with E-state index in [4.69, 9.17) is 16.3 Å². The molecule has 2 aromatic carbocycles. The number of nitrogens with one attached hydrogen (secondary N) is 1. The molecule has 120 valence electrons. The first-order valence-corrected chi connectivity index (χ1v) is 8.08. The van der Waals surface area contributed by atoms with Crippen LogP contribution in [0.1, 0.15) is 22.8 Å². The fourth-order valence-corrected chi connectivity index (χ4v) is 2.49. The Morgan fingerprint density at radius 2 is 1.91 bits per heavy atom. The van der Waals surface area contributed by atoms with Gasteiger partial charge in [-0.3, -0.25) is 4.79 Å². The van der Waals surface area contributed by atoms with E-state index in [1.54, 1.807) is 42.5 Å². The summed E-state index contributed by atoms with van der Waals surface area (Å²) < 4.78 is 5.82. The second-order valence-electron chi connectivity index (χ2n) is 4.98. The normalized spacial score (nSPS) is 11.7. The molecule has 2 aromatic rings. The van der Waals surface area contributed by atoms with Crippen LogP contribution in [0.5, 0.6) is 0 Å². The molecule has 0 saturated heterocycles. The van der Waals surface area contributed by atoms with Gasteiger partial charge in [0.2, 0.25) is 0 Å². The summed E-state index contributed by atoms with van der Waals surface area (Å²) in [6, 6.07) is 12.1. The molecule has 0 spiro atoms. The molecule has 0 aliphatic rings. The first kappa shape index (κ1) is 17.5. The molecule has 1 amide bonds. The molecular weight excluding hydrogens is 382 g/mol. The van der Waals surface area contributed by atoms with Crippen molar-refractivity contribution in [1.82, 2.24) is 0 Å². The van der Waals surface area contributed by atoms with E-state index in [0.717, 1.165) is 5.56 Å². The lowest BCUT2D eigenvalue weighted by molar-refractivity contribution is -0.123. The Balaban J connectivity index is 2.04. The van der Waals surface area contributed by atoms with Crippen molar-refractivity contribution in [1.29, 1.82) is 0 Å². The Kier molecular flexibility index (Phi) is 5.80. The van der Waals surface area contributed by atoms with Crippen molar-refractivity contribution in [2.24, 2.45) is 0 Å². The molecule has 0 fully saturated rings. The monoisotopic (exact) mass is 395 g/mol. The number of carbonyl (C=O) groups is 2. The first-order valence-electron chi connectivity index (χ1n) is 6.91. The van der Waals surface area contributed by atoms with E-state index in [1.807, 2.05) is 6.92 Å². The third-order valence-corrected chi connectivity index (χ3v) is 4.13. The average Bonchev–Trinajstić information content (AvgIpc) is 2.51. The lowest BCUT2D eigenvalue weighted by Crippen LogP contribution is -2.30. The largest absolute Gasteiger partial charge is 0.449 e. The summed E-state index contributed by atoms with van der Waals surface area (Å²) in [6.07, 6.45) is -0.937. The van der Waals surface area contributed by atoms with Gasteiger partial charge in [0.05, 0.1) is 5.56 Å². The van der Waals surface area contributed by atoms with Gasteiger partial charge in [0.15, 0.2) is 6.10 Å². The third kappa shape index (κ3) is 4.56. The number of hydrogen-bond acceptors (Lipinski definition) is 3. The zero-order chi connectivity index (χ0) is 17.0. The highest BCUT2D eigenvalue weighted by Gasteiger charge is 2.20. The van der Waals surface area contributed by atoms with Gasteiger partial charge in [-0.05, 0) is 59.6 Å². The van der Waals surface area contributed by atoms with Crippen LogP contribution < -0.4 is 5.32 Å². The number of carbonyl (C=O) groups excluding carboxylic acids is 2. The molecule has 0 radical (unpaired) electrons. The molecule has 0 aliphatic heterocycles. The molecule has 4 nitrogen and oxygen atoms in total. The van der Waals surface area contributed by atoms with Crippen LogP contribution in [0.25, 0.3) is 0 Å². The van der Waals surface area contributed by atoms with Crippen LogP contribution in [0.4, 0.5) is 5.69 Å². The topological polar surface area (TPSA) is 55.4 Å². The molecule has 6 heteroatoms. The predicted molar refractivity (Wildman–Crippen MR) is 93.8 cm³/mol. The maximum Gasteiger partial charge on any atom is 0.340 e. The Bertz CT molecular complexity index is 748. The van der Waals surface area contributed by atoms with Gasteiger partial charge < -0.3 is 10.1 Å². The highest BCUT2D eigenvalue weighted by Crippen LogP contribution is 2.21. The Morgan fingerprint density at radius 3 is 2.61 bits per heavy atom. The van der Waals surface area contributed by atoms with Gasteiger partial charge in [-0.15, -0.1) is 0 Å². The Hall–Kier alpha value is -1.85. The van der Waals surface area contributed by atoms with Gasteiger partial charge >= 0.3 is 5.97 Å². The maximum absolute atomic E-state index is 12.2. The standard InChI is InChI=1S/C17H15BrClNO3/c1-10-7-8-12(19)9-15(10)20-16(21)11(2)23-17(22)13-5-3-4-6-14(13)18/h3-9,11H,1-2H3,(H,20,21)/t11-/m0/s1. The van der Waals surface area contributed by atoms with Crippen LogP contribution >= 0.6 is 27.5 Å². The van der Waals surface area contributed by atoms with Crippen molar-refractivity contribution < 1.29 is 14.3 Å². The maximum atomic E-state index is 12.2. The molecule has 0 aromatic heterocycles. The second-order valence-corrected chi connectivity index (χ2v) is 6.27. The molecule has 2 rings (SSSR count). The zero-order valence-electron chi connectivity index (χ0n) is 12.6. The van der Waals surface area contributed by atoms with Crippen molar-refractivity contribution in [2.75, 3.05) is 5.32 Å². The van der Waals surface area contributed by atoms with Crippen LogP contribution in [-0.2, 0) is 9.53 Å². The van der Waals surface area contributed by atoms with Crippen LogP contribution in [0.3, 0.4) is 0 Å². The minimum Gasteiger partial charge on any atom is -0.449 e. The van der Waals surface area contributed by atoms with E-state index < -0.39 is 18.0 Å².